The van der Waals surface area contributed by atoms with Gasteiger partial charge >= 0.3 is 0 Å². The molecule has 3 aromatic rings. The summed E-state index contributed by atoms with van der Waals surface area (Å²) in [6, 6.07) is 15.5. The predicted molar refractivity (Wildman–Crippen MR) is 124 cm³/mol. The van der Waals surface area contributed by atoms with Crippen molar-refractivity contribution in [3.63, 3.8) is 0 Å². The summed E-state index contributed by atoms with van der Waals surface area (Å²) in [6.45, 7) is 4.93. The molecule has 0 unspecified atom stereocenters. The fraction of sp³-hybridized carbons (Fsp3) is 0.261. The fourth-order valence-electron chi connectivity index (χ4n) is 2.91. The zero-order chi connectivity index (χ0) is 22.3. The van der Waals surface area contributed by atoms with E-state index in [0.29, 0.717) is 24.6 Å². The molecule has 0 aliphatic heterocycles. The minimum absolute atomic E-state index is 0.0809. The Morgan fingerprint density at radius 3 is 2.52 bits per heavy atom. The van der Waals surface area contributed by atoms with Gasteiger partial charge in [0.05, 0.1) is 24.5 Å². The zero-order valence-electron chi connectivity index (χ0n) is 17.6. The van der Waals surface area contributed by atoms with Crippen LogP contribution < -0.4 is 14.8 Å². The molecule has 0 spiro atoms. The second-order valence-corrected chi connectivity index (χ2v) is 9.83. The van der Waals surface area contributed by atoms with E-state index < -0.39 is 10.0 Å². The van der Waals surface area contributed by atoms with E-state index in [1.54, 1.807) is 47.7 Å². The summed E-state index contributed by atoms with van der Waals surface area (Å²) in [5.74, 6) is 0.602. The Morgan fingerprint density at radius 2 is 1.87 bits per heavy atom. The Labute approximate surface area is 187 Å². The van der Waals surface area contributed by atoms with Gasteiger partial charge in [0, 0.05) is 10.6 Å². The van der Waals surface area contributed by atoms with E-state index >= 15 is 0 Å². The molecule has 0 aliphatic rings. The zero-order valence-corrected chi connectivity index (χ0v) is 19.2. The van der Waals surface area contributed by atoms with Crippen LogP contribution in [0.5, 0.6) is 5.75 Å². The van der Waals surface area contributed by atoms with Gasteiger partial charge < -0.3 is 10.1 Å². The summed E-state index contributed by atoms with van der Waals surface area (Å²) in [6.07, 6.45) is 1.12. The standard InChI is InChI=1S/C23H26N2O4S2/c1-3-12-29-22-11-10-21(14-17(22)2)31(27,28)25-19-8-6-18(7-9-19)15-23(26)24-16-20-5-4-13-30-20/h4-11,13-14,25H,3,12,15-16H2,1-2H3,(H,24,26). The Hall–Kier alpha value is -2.84. The number of hydrogen-bond acceptors (Lipinski definition) is 5. The minimum Gasteiger partial charge on any atom is -0.493 e. The number of ether oxygens (including phenoxy) is 1. The van der Waals surface area contributed by atoms with Crippen LogP contribution in [0.25, 0.3) is 0 Å². The minimum atomic E-state index is -3.73. The molecule has 0 bridgehead atoms. The van der Waals surface area contributed by atoms with Gasteiger partial charge in [0.25, 0.3) is 10.0 Å². The highest BCUT2D eigenvalue weighted by molar-refractivity contribution is 7.92. The number of carbonyl (C=O) groups is 1. The molecule has 0 atom stereocenters. The maximum absolute atomic E-state index is 12.7. The number of thiophene rings is 1. The molecule has 3 rings (SSSR count). The first-order valence-corrected chi connectivity index (χ1v) is 12.4. The number of anilines is 1. The number of hydrogen-bond donors (Lipinski definition) is 2. The quantitative estimate of drug-likeness (QED) is 0.468. The molecule has 31 heavy (non-hydrogen) atoms. The predicted octanol–water partition coefficient (Wildman–Crippen LogP) is 4.51. The van der Waals surface area contributed by atoms with Crippen molar-refractivity contribution < 1.29 is 17.9 Å². The average molecular weight is 459 g/mol. The molecule has 1 heterocycles. The first-order chi connectivity index (χ1) is 14.9. The van der Waals surface area contributed by atoms with Gasteiger partial charge in [-0.05, 0) is 66.2 Å². The molecule has 0 fully saturated rings. The lowest BCUT2D eigenvalue weighted by Crippen LogP contribution is -2.24. The highest BCUT2D eigenvalue weighted by Gasteiger charge is 2.16. The van der Waals surface area contributed by atoms with Crippen LogP contribution in [0, 0.1) is 6.92 Å². The van der Waals surface area contributed by atoms with Crippen molar-refractivity contribution in [2.45, 2.75) is 38.1 Å². The number of benzene rings is 2. The second-order valence-electron chi connectivity index (χ2n) is 7.11. The first-order valence-electron chi connectivity index (χ1n) is 10.0. The molecular weight excluding hydrogens is 432 g/mol. The summed E-state index contributed by atoms with van der Waals surface area (Å²) in [4.78, 5) is 13.4. The lowest BCUT2D eigenvalue weighted by atomic mass is 10.1. The third-order valence-electron chi connectivity index (χ3n) is 4.53. The van der Waals surface area contributed by atoms with Crippen LogP contribution in [-0.4, -0.2) is 20.9 Å². The van der Waals surface area contributed by atoms with Gasteiger partial charge in [-0.3, -0.25) is 9.52 Å². The van der Waals surface area contributed by atoms with Gasteiger partial charge in [-0.15, -0.1) is 11.3 Å². The molecule has 0 radical (unpaired) electrons. The number of aryl methyl sites for hydroxylation is 1. The lowest BCUT2D eigenvalue weighted by Gasteiger charge is -2.12. The molecule has 1 aromatic heterocycles. The van der Waals surface area contributed by atoms with E-state index in [0.717, 1.165) is 22.4 Å². The molecule has 0 saturated heterocycles. The van der Waals surface area contributed by atoms with Crippen LogP contribution in [0.3, 0.4) is 0 Å². The van der Waals surface area contributed by atoms with E-state index in [-0.39, 0.29) is 17.2 Å². The molecular formula is C23H26N2O4S2. The third kappa shape index (κ3) is 6.57. The summed E-state index contributed by atoms with van der Waals surface area (Å²) in [5, 5.41) is 4.85. The van der Waals surface area contributed by atoms with E-state index in [2.05, 4.69) is 10.0 Å². The van der Waals surface area contributed by atoms with E-state index in [1.165, 1.54) is 6.07 Å². The van der Waals surface area contributed by atoms with Gasteiger partial charge in [0.2, 0.25) is 5.91 Å². The molecule has 0 saturated carbocycles. The van der Waals surface area contributed by atoms with Crippen LogP contribution in [-0.2, 0) is 27.8 Å². The summed E-state index contributed by atoms with van der Waals surface area (Å²) >= 11 is 1.59. The Kier molecular flexibility index (Phi) is 7.70. The molecule has 2 aromatic carbocycles. The molecule has 6 nitrogen and oxygen atoms in total. The van der Waals surface area contributed by atoms with Crippen LogP contribution in [0.2, 0.25) is 0 Å². The van der Waals surface area contributed by atoms with Crippen molar-refractivity contribution in [3.05, 3.63) is 76.0 Å². The summed E-state index contributed by atoms with van der Waals surface area (Å²) < 4.78 is 33.6. The van der Waals surface area contributed by atoms with Gasteiger partial charge in [0.15, 0.2) is 0 Å². The first kappa shape index (κ1) is 22.8. The van der Waals surface area contributed by atoms with E-state index in [4.69, 9.17) is 4.74 Å². The van der Waals surface area contributed by atoms with E-state index in [1.807, 2.05) is 31.4 Å². The van der Waals surface area contributed by atoms with Crippen molar-refractivity contribution in [2.75, 3.05) is 11.3 Å². The summed E-state index contributed by atoms with van der Waals surface area (Å²) in [5.41, 5.74) is 2.01. The van der Waals surface area contributed by atoms with Gasteiger partial charge in [0.1, 0.15) is 5.75 Å². The van der Waals surface area contributed by atoms with Gasteiger partial charge in [-0.25, -0.2) is 8.42 Å². The topological polar surface area (TPSA) is 84.5 Å². The van der Waals surface area contributed by atoms with Gasteiger partial charge in [-0.2, -0.15) is 0 Å². The maximum Gasteiger partial charge on any atom is 0.261 e. The SMILES string of the molecule is CCCOc1ccc(S(=O)(=O)Nc2ccc(CC(=O)NCc3cccs3)cc2)cc1C. The highest BCUT2D eigenvalue weighted by atomic mass is 32.2. The Morgan fingerprint density at radius 1 is 1.10 bits per heavy atom. The Bertz CT molecular complexity index is 1110. The van der Waals surface area contributed by atoms with Crippen molar-refractivity contribution in [1.29, 1.82) is 0 Å². The largest absolute Gasteiger partial charge is 0.493 e. The average Bonchev–Trinajstić information content (AvgIpc) is 3.26. The molecule has 2 N–H and O–H groups in total. The van der Waals surface area contributed by atoms with Crippen molar-refractivity contribution in [2.24, 2.45) is 0 Å². The maximum atomic E-state index is 12.7. The highest BCUT2D eigenvalue weighted by Crippen LogP contribution is 2.24. The fourth-order valence-corrected chi connectivity index (χ4v) is 4.70. The van der Waals surface area contributed by atoms with E-state index in [9.17, 15) is 13.2 Å². The van der Waals surface area contributed by atoms with Crippen LogP contribution in [0.1, 0.15) is 29.3 Å². The van der Waals surface area contributed by atoms with Crippen molar-refractivity contribution in [1.82, 2.24) is 5.32 Å². The van der Waals surface area contributed by atoms with Crippen LogP contribution in [0.4, 0.5) is 5.69 Å². The number of nitrogens with one attached hydrogen (secondary N) is 2. The number of carbonyl (C=O) groups excluding carboxylic acids is 1. The lowest BCUT2D eigenvalue weighted by molar-refractivity contribution is -0.120. The second kappa shape index (κ2) is 10.5. The normalized spacial score (nSPS) is 11.2. The summed E-state index contributed by atoms with van der Waals surface area (Å²) in [7, 11) is -3.73. The third-order valence-corrected chi connectivity index (χ3v) is 6.78. The molecule has 8 heteroatoms. The van der Waals surface area contributed by atoms with Crippen molar-refractivity contribution in [3.8, 4) is 5.75 Å². The Balaban J connectivity index is 1.59. The number of amides is 1. The molecule has 164 valence electrons. The molecule has 0 aliphatic carbocycles. The smallest absolute Gasteiger partial charge is 0.261 e. The van der Waals surface area contributed by atoms with Crippen molar-refractivity contribution >= 4 is 33.0 Å². The van der Waals surface area contributed by atoms with Crippen LogP contribution in [0.15, 0.2) is 64.9 Å². The number of sulfonamides is 1. The van der Waals surface area contributed by atoms with Gasteiger partial charge in [-0.1, -0.05) is 25.1 Å². The van der Waals surface area contributed by atoms with Crippen LogP contribution >= 0.6 is 11.3 Å². The number of rotatable bonds is 10. The molecule has 1 amide bonds. The monoisotopic (exact) mass is 458 g/mol.